The molecule has 1 aromatic rings. The normalized spacial score (nSPS) is 11.0. The zero-order chi connectivity index (χ0) is 12.7. The van der Waals surface area contributed by atoms with Gasteiger partial charge in [0.15, 0.2) is 0 Å². The Morgan fingerprint density at radius 1 is 1.29 bits per heavy atom. The van der Waals surface area contributed by atoms with Gasteiger partial charge >= 0.3 is 0 Å². The summed E-state index contributed by atoms with van der Waals surface area (Å²) in [7, 11) is 0. The van der Waals surface area contributed by atoms with E-state index in [-0.39, 0.29) is 10.7 Å². The molecule has 0 aliphatic carbocycles. The van der Waals surface area contributed by atoms with Crippen LogP contribution in [0.25, 0.3) is 0 Å². The predicted molar refractivity (Wildman–Crippen MR) is 75.5 cm³/mol. The van der Waals surface area contributed by atoms with E-state index in [1.807, 2.05) is 36.6 Å². The first-order valence-corrected chi connectivity index (χ1v) is 6.87. The Morgan fingerprint density at radius 3 is 2.53 bits per heavy atom. The lowest BCUT2D eigenvalue weighted by atomic mass is 10.2. The fourth-order valence-corrected chi connectivity index (χ4v) is 1.40. The highest BCUT2D eigenvalue weighted by atomic mass is 32.2. The first-order chi connectivity index (χ1) is 8.03. The molecule has 2 N–H and O–H groups in total. The predicted octanol–water partition coefficient (Wildman–Crippen LogP) is 2.36. The minimum atomic E-state index is 0.0241. The molecule has 1 amide bonds. The third-order valence-electron chi connectivity index (χ3n) is 2.49. The molecule has 0 fully saturated rings. The summed E-state index contributed by atoms with van der Waals surface area (Å²) in [4.78, 5) is 11.6. The number of benzene rings is 1. The molecule has 1 aromatic carbocycles. The topological polar surface area (TPSA) is 41.1 Å². The van der Waals surface area contributed by atoms with E-state index in [1.54, 1.807) is 11.8 Å². The van der Waals surface area contributed by atoms with Crippen molar-refractivity contribution < 1.29 is 4.79 Å². The van der Waals surface area contributed by atoms with Crippen LogP contribution in [0, 0.1) is 0 Å². The van der Waals surface area contributed by atoms with E-state index in [0.29, 0.717) is 13.1 Å². The number of rotatable bonds is 6. The van der Waals surface area contributed by atoms with Crippen molar-refractivity contribution in [3.63, 3.8) is 0 Å². The van der Waals surface area contributed by atoms with E-state index in [0.717, 1.165) is 5.69 Å². The van der Waals surface area contributed by atoms with Crippen LogP contribution in [-0.4, -0.2) is 30.0 Å². The lowest BCUT2D eigenvalue weighted by Crippen LogP contribution is -2.38. The van der Waals surface area contributed by atoms with Crippen molar-refractivity contribution in [2.45, 2.75) is 18.6 Å². The van der Waals surface area contributed by atoms with Gasteiger partial charge in [-0.05, 0) is 32.2 Å². The van der Waals surface area contributed by atoms with Crippen LogP contribution in [0.1, 0.15) is 13.8 Å². The molecule has 1 rings (SSSR count). The van der Waals surface area contributed by atoms with Crippen LogP contribution in [0.4, 0.5) is 5.69 Å². The molecule has 0 radical (unpaired) electrons. The number of hydrogen-bond donors (Lipinski definition) is 2. The van der Waals surface area contributed by atoms with Gasteiger partial charge in [0, 0.05) is 17.0 Å². The fourth-order valence-electron chi connectivity index (χ4n) is 1.18. The van der Waals surface area contributed by atoms with Gasteiger partial charge in [-0.2, -0.15) is 11.8 Å². The molecule has 4 heteroatoms. The summed E-state index contributed by atoms with van der Waals surface area (Å²) in [5, 5.41) is 6.00. The minimum absolute atomic E-state index is 0.0241. The first-order valence-electron chi connectivity index (χ1n) is 5.64. The Balaban J connectivity index is 2.27. The summed E-state index contributed by atoms with van der Waals surface area (Å²) >= 11 is 1.75. The van der Waals surface area contributed by atoms with E-state index in [9.17, 15) is 4.79 Å². The Morgan fingerprint density at radius 2 is 1.94 bits per heavy atom. The maximum atomic E-state index is 11.6. The lowest BCUT2D eigenvalue weighted by Gasteiger charge is -2.22. The molecule has 94 valence electrons. The van der Waals surface area contributed by atoms with Gasteiger partial charge in [0.1, 0.15) is 0 Å². The molecule has 0 aliphatic heterocycles. The standard InChI is InChI=1S/C13H20N2OS/c1-13(2,17-3)10-15-12(16)9-14-11-7-5-4-6-8-11/h4-8,14H,9-10H2,1-3H3,(H,15,16). The molecule has 0 spiro atoms. The Hall–Kier alpha value is -1.16. The zero-order valence-electron chi connectivity index (χ0n) is 10.6. The number of nitrogens with one attached hydrogen (secondary N) is 2. The maximum Gasteiger partial charge on any atom is 0.239 e. The van der Waals surface area contributed by atoms with Gasteiger partial charge in [-0.25, -0.2) is 0 Å². The fraction of sp³-hybridized carbons (Fsp3) is 0.462. The van der Waals surface area contributed by atoms with Crippen LogP contribution in [0.15, 0.2) is 30.3 Å². The number of amides is 1. The van der Waals surface area contributed by atoms with Gasteiger partial charge in [0.2, 0.25) is 5.91 Å². The molecular formula is C13H20N2OS. The zero-order valence-corrected chi connectivity index (χ0v) is 11.4. The van der Waals surface area contributed by atoms with Gasteiger partial charge in [-0.15, -0.1) is 0 Å². The van der Waals surface area contributed by atoms with E-state index in [1.165, 1.54) is 0 Å². The molecule has 0 aliphatic rings. The number of carbonyl (C=O) groups excluding carboxylic acids is 1. The largest absolute Gasteiger partial charge is 0.376 e. The van der Waals surface area contributed by atoms with E-state index >= 15 is 0 Å². The molecule has 0 unspecified atom stereocenters. The number of anilines is 1. The van der Waals surface area contributed by atoms with Crippen LogP contribution in [0.2, 0.25) is 0 Å². The Labute approximate surface area is 107 Å². The van der Waals surface area contributed by atoms with Crippen LogP contribution in [0.3, 0.4) is 0 Å². The third kappa shape index (κ3) is 5.63. The van der Waals surface area contributed by atoms with Crippen LogP contribution >= 0.6 is 11.8 Å². The highest BCUT2D eigenvalue weighted by Crippen LogP contribution is 2.19. The second-order valence-electron chi connectivity index (χ2n) is 4.46. The van der Waals surface area contributed by atoms with Crippen molar-refractivity contribution >= 4 is 23.4 Å². The number of para-hydroxylation sites is 1. The van der Waals surface area contributed by atoms with Crippen LogP contribution in [0.5, 0.6) is 0 Å². The van der Waals surface area contributed by atoms with Gasteiger partial charge in [-0.1, -0.05) is 18.2 Å². The van der Waals surface area contributed by atoms with Crippen LogP contribution < -0.4 is 10.6 Å². The van der Waals surface area contributed by atoms with Crippen molar-refractivity contribution in [2.75, 3.05) is 24.7 Å². The second-order valence-corrected chi connectivity index (χ2v) is 5.97. The van der Waals surface area contributed by atoms with E-state index < -0.39 is 0 Å². The molecule has 3 nitrogen and oxygen atoms in total. The first kappa shape index (κ1) is 13.9. The molecule has 17 heavy (non-hydrogen) atoms. The molecule has 0 heterocycles. The summed E-state index contributed by atoms with van der Waals surface area (Å²) < 4.78 is 0.0857. The average molecular weight is 252 g/mol. The summed E-state index contributed by atoms with van der Waals surface area (Å²) in [6, 6.07) is 9.72. The summed E-state index contributed by atoms with van der Waals surface area (Å²) in [6.07, 6.45) is 2.05. The monoisotopic (exact) mass is 252 g/mol. The van der Waals surface area contributed by atoms with E-state index in [2.05, 4.69) is 24.5 Å². The Kier molecular flexibility index (Phi) is 5.35. The summed E-state index contributed by atoms with van der Waals surface area (Å²) in [6.45, 7) is 5.23. The van der Waals surface area contributed by atoms with Crippen molar-refractivity contribution in [1.29, 1.82) is 0 Å². The summed E-state index contributed by atoms with van der Waals surface area (Å²) in [5.74, 6) is 0.0241. The third-order valence-corrected chi connectivity index (χ3v) is 3.74. The lowest BCUT2D eigenvalue weighted by molar-refractivity contribution is -0.119. The molecule has 0 bridgehead atoms. The Bertz CT molecular complexity index is 352. The highest BCUT2D eigenvalue weighted by Gasteiger charge is 2.16. The van der Waals surface area contributed by atoms with Crippen molar-refractivity contribution in [2.24, 2.45) is 0 Å². The van der Waals surface area contributed by atoms with Crippen molar-refractivity contribution in [1.82, 2.24) is 5.32 Å². The van der Waals surface area contributed by atoms with Crippen molar-refractivity contribution in [3.05, 3.63) is 30.3 Å². The van der Waals surface area contributed by atoms with Gasteiger partial charge in [0.25, 0.3) is 0 Å². The SMILES string of the molecule is CSC(C)(C)CNC(=O)CNc1ccccc1. The molecule has 0 saturated heterocycles. The molecule has 0 atom stereocenters. The minimum Gasteiger partial charge on any atom is -0.376 e. The quantitative estimate of drug-likeness (QED) is 0.816. The van der Waals surface area contributed by atoms with Gasteiger partial charge in [-0.3, -0.25) is 4.79 Å². The number of hydrogen-bond acceptors (Lipinski definition) is 3. The smallest absolute Gasteiger partial charge is 0.239 e. The molecule has 0 aromatic heterocycles. The molecule has 0 saturated carbocycles. The van der Waals surface area contributed by atoms with Gasteiger partial charge in [0.05, 0.1) is 6.54 Å². The maximum absolute atomic E-state index is 11.6. The number of carbonyl (C=O) groups is 1. The number of thioether (sulfide) groups is 1. The van der Waals surface area contributed by atoms with Crippen LogP contribution in [-0.2, 0) is 4.79 Å². The summed E-state index contributed by atoms with van der Waals surface area (Å²) in [5.41, 5.74) is 0.965. The van der Waals surface area contributed by atoms with Gasteiger partial charge < -0.3 is 10.6 Å². The highest BCUT2D eigenvalue weighted by molar-refractivity contribution is 7.99. The second kappa shape index (κ2) is 6.55. The molecular weight excluding hydrogens is 232 g/mol. The van der Waals surface area contributed by atoms with Crippen molar-refractivity contribution in [3.8, 4) is 0 Å². The average Bonchev–Trinajstić information content (AvgIpc) is 2.35. The van der Waals surface area contributed by atoms with E-state index in [4.69, 9.17) is 0 Å².